The van der Waals surface area contributed by atoms with Crippen LogP contribution in [-0.2, 0) is 26.2 Å². The fourth-order valence-corrected chi connectivity index (χ4v) is 5.99. The van der Waals surface area contributed by atoms with E-state index in [1.54, 1.807) is 43.3 Å². The molecule has 5 rings (SSSR count). The number of aromatic nitrogens is 1. The molecule has 37 heavy (non-hydrogen) atoms. The van der Waals surface area contributed by atoms with Crippen LogP contribution in [0.4, 0.5) is 0 Å². The molecule has 8 heteroatoms. The standard InChI is InChI=1S/C29H21ClN2O4S/c1-19(29(33)36-18-21-5-3-2-4-6-21)22-9-13-25-26-16-23(30)10-14-27(26)32(28(25)15-22)37(34,35)24-11-7-20(17-31)8-12-24/h2-16,19H,18H2,1H3. The molecule has 1 heterocycles. The van der Waals surface area contributed by atoms with Crippen LogP contribution >= 0.6 is 11.6 Å². The molecule has 0 radical (unpaired) electrons. The highest BCUT2D eigenvalue weighted by Gasteiger charge is 2.25. The molecule has 0 amide bonds. The molecule has 0 aliphatic carbocycles. The van der Waals surface area contributed by atoms with Gasteiger partial charge in [0, 0.05) is 15.8 Å². The Morgan fingerprint density at radius 1 is 0.946 bits per heavy atom. The molecule has 0 aliphatic rings. The topological polar surface area (TPSA) is 89.2 Å². The molecule has 0 fully saturated rings. The van der Waals surface area contributed by atoms with Gasteiger partial charge < -0.3 is 4.74 Å². The van der Waals surface area contributed by atoms with Crippen molar-refractivity contribution in [3.05, 3.63) is 113 Å². The van der Waals surface area contributed by atoms with Crippen molar-refractivity contribution < 1.29 is 17.9 Å². The number of rotatable bonds is 6. The van der Waals surface area contributed by atoms with Gasteiger partial charge in [-0.1, -0.05) is 54.1 Å². The molecule has 4 aromatic carbocycles. The summed E-state index contributed by atoms with van der Waals surface area (Å²) in [6.07, 6.45) is 0. The average Bonchev–Trinajstić information content (AvgIpc) is 3.25. The van der Waals surface area contributed by atoms with E-state index in [4.69, 9.17) is 21.6 Å². The van der Waals surface area contributed by atoms with Crippen molar-refractivity contribution in [3.63, 3.8) is 0 Å². The van der Waals surface area contributed by atoms with Gasteiger partial charge >= 0.3 is 5.97 Å². The summed E-state index contributed by atoms with van der Waals surface area (Å²) in [5.74, 6) is -1.04. The lowest BCUT2D eigenvalue weighted by Crippen LogP contribution is -2.14. The number of benzene rings is 4. The van der Waals surface area contributed by atoms with Gasteiger partial charge in [0.15, 0.2) is 0 Å². The first-order valence-electron chi connectivity index (χ1n) is 11.5. The molecule has 1 aromatic heterocycles. The normalized spacial score (nSPS) is 12.4. The lowest BCUT2D eigenvalue weighted by molar-refractivity contribution is -0.146. The van der Waals surface area contributed by atoms with Crippen LogP contribution in [0.3, 0.4) is 0 Å². The molecule has 0 saturated carbocycles. The lowest BCUT2D eigenvalue weighted by atomic mass is 9.99. The number of nitriles is 1. The van der Waals surface area contributed by atoms with Crippen LogP contribution in [0.15, 0.2) is 95.9 Å². The summed E-state index contributed by atoms with van der Waals surface area (Å²) >= 11 is 6.25. The minimum absolute atomic E-state index is 0.0426. The second kappa shape index (κ2) is 9.74. The van der Waals surface area contributed by atoms with Crippen LogP contribution in [0.5, 0.6) is 0 Å². The van der Waals surface area contributed by atoms with E-state index in [9.17, 15) is 13.2 Å². The highest BCUT2D eigenvalue weighted by Crippen LogP contribution is 2.36. The third-order valence-corrected chi connectivity index (χ3v) is 8.28. The number of hydrogen-bond acceptors (Lipinski definition) is 5. The van der Waals surface area contributed by atoms with Crippen molar-refractivity contribution in [2.45, 2.75) is 24.3 Å². The van der Waals surface area contributed by atoms with Gasteiger partial charge in [-0.05, 0) is 66.6 Å². The predicted octanol–water partition coefficient (Wildman–Crippen LogP) is 6.40. The summed E-state index contributed by atoms with van der Waals surface area (Å²) < 4.78 is 34.5. The van der Waals surface area contributed by atoms with Crippen molar-refractivity contribution in [1.82, 2.24) is 3.97 Å². The number of halogens is 1. The molecule has 5 aromatic rings. The second-order valence-corrected chi connectivity index (χ2v) is 10.9. The number of carbonyl (C=O) groups excluding carboxylic acids is 1. The molecule has 184 valence electrons. The fourth-order valence-electron chi connectivity index (χ4n) is 4.30. The zero-order chi connectivity index (χ0) is 26.2. The third-order valence-electron chi connectivity index (χ3n) is 6.31. The Morgan fingerprint density at radius 3 is 2.38 bits per heavy atom. The zero-order valence-electron chi connectivity index (χ0n) is 19.8. The number of hydrogen-bond donors (Lipinski definition) is 0. The molecule has 0 bridgehead atoms. The highest BCUT2D eigenvalue weighted by molar-refractivity contribution is 7.90. The van der Waals surface area contributed by atoms with Gasteiger partial charge in [0.05, 0.1) is 33.5 Å². The van der Waals surface area contributed by atoms with Crippen LogP contribution in [0, 0.1) is 11.3 Å². The number of ether oxygens (including phenoxy) is 1. The molecular weight excluding hydrogens is 508 g/mol. The summed E-state index contributed by atoms with van der Waals surface area (Å²) in [5.41, 5.74) is 2.74. The molecule has 0 spiro atoms. The molecule has 1 atom stereocenters. The Balaban J connectivity index is 1.60. The Hall–Kier alpha value is -4.12. The van der Waals surface area contributed by atoms with E-state index < -0.39 is 21.9 Å². The number of fused-ring (bicyclic) bond motifs is 3. The van der Waals surface area contributed by atoms with Crippen molar-refractivity contribution in [2.75, 3.05) is 0 Å². The highest BCUT2D eigenvalue weighted by atomic mass is 35.5. The van der Waals surface area contributed by atoms with Crippen LogP contribution in [0.25, 0.3) is 21.8 Å². The van der Waals surface area contributed by atoms with E-state index in [2.05, 4.69) is 0 Å². The number of esters is 1. The maximum atomic E-state index is 13.8. The van der Waals surface area contributed by atoms with E-state index in [1.165, 1.54) is 28.2 Å². The van der Waals surface area contributed by atoms with Crippen LogP contribution in [0.2, 0.25) is 5.02 Å². The van der Waals surface area contributed by atoms with Crippen LogP contribution in [0.1, 0.15) is 29.5 Å². The minimum Gasteiger partial charge on any atom is -0.460 e. The summed E-state index contributed by atoms with van der Waals surface area (Å²) in [7, 11) is -4.05. The Morgan fingerprint density at radius 2 is 1.68 bits per heavy atom. The smallest absolute Gasteiger partial charge is 0.313 e. The first-order valence-corrected chi connectivity index (χ1v) is 13.3. The number of nitrogens with zero attached hydrogens (tertiary/aromatic N) is 2. The first-order chi connectivity index (χ1) is 17.8. The van der Waals surface area contributed by atoms with Gasteiger partial charge in [0.25, 0.3) is 10.0 Å². The van der Waals surface area contributed by atoms with Crippen molar-refractivity contribution in [2.24, 2.45) is 0 Å². The lowest BCUT2D eigenvalue weighted by Gasteiger charge is -2.14. The maximum Gasteiger partial charge on any atom is 0.313 e. The van der Waals surface area contributed by atoms with Gasteiger partial charge in [0.2, 0.25) is 0 Å². The average molecular weight is 529 g/mol. The quantitative estimate of drug-likeness (QED) is 0.238. The minimum atomic E-state index is -4.05. The zero-order valence-corrected chi connectivity index (χ0v) is 21.3. The number of carbonyl (C=O) groups is 1. The van der Waals surface area contributed by atoms with Crippen LogP contribution < -0.4 is 0 Å². The Labute approximate surface area is 219 Å². The fraction of sp³-hybridized carbons (Fsp3) is 0.103. The molecule has 0 aliphatic heterocycles. The Bertz CT molecular complexity index is 1790. The summed E-state index contributed by atoms with van der Waals surface area (Å²) in [5, 5.41) is 10.9. The Kier molecular flexibility index (Phi) is 6.46. The summed E-state index contributed by atoms with van der Waals surface area (Å²) in [6.45, 7) is 1.88. The first kappa shape index (κ1) is 24.6. The van der Waals surface area contributed by atoms with E-state index >= 15 is 0 Å². The molecule has 1 unspecified atom stereocenters. The van der Waals surface area contributed by atoms with E-state index in [-0.39, 0.29) is 11.5 Å². The van der Waals surface area contributed by atoms with Crippen LogP contribution in [-0.4, -0.2) is 18.4 Å². The van der Waals surface area contributed by atoms with Crippen molar-refractivity contribution >= 4 is 49.4 Å². The van der Waals surface area contributed by atoms with Gasteiger partial charge in [-0.2, -0.15) is 5.26 Å². The molecule has 0 N–H and O–H groups in total. The molecule has 6 nitrogen and oxygen atoms in total. The molecular formula is C29H21ClN2O4S. The second-order valence-electron chi connectivity index (χ2n) is 8.66. The van der Waals surface area contributed by atoms with Gasteiger partial charge in [-0.15, -0.1) is 0 Å². The SMILES string of the molecule is CC(C(=O)OCc1ccccc1)c1ccc2c3cc(Cl)ccc3n(S(=O)(=O)c3ccc(C#N)cc3)c2c1. The van der Waals surface area contributed by atoms with E-state index in [0.717, 1.165) is 5.56 Å². The van der Waals surface area contributed by atoms with Gasteiger partial charge in [-0.25, -0.2) is 12.4 Å². The van der Waals surface area contributed by atoms with Crippen molar-refractivity contribution in [3.8, 4) is 6.07 Å². The van der Waals surface area contributed by atoms with Crippen molar-refractivity contribution in [1.29, 1.82) is 5.26 Å². The van der Waals surface area contributed by atoms with Gasteiger partial charge in [0.1, 0.15) is 6.61 Å². The summed E-state index contributed by atoms with van der Waals surface area (Å²) in [6, 6.07) is 27.5. The van der Waals surface area contributed by atoms with E-state index in [0.29, 0.717) is 38.0 Å². The molecule has 0 saturated heterocycles. The third kappa shape index (κ3) is 4.57. The summed E-state index contributed by atoms with van der Waals surface area (Å²) in [4.78, 5) is 12.9. The van der Waals surface area contributed by atoms with Gasteiger partial charge in [-0.3, -0.25) is 4.79 Å². The van der Waals surface area contributed by atoms with E-state index in [1.807, 2.05) is 36.4 Å². The largest absolute Gasteiger partial charge is 0.460 e. The predicted molar refractivity (Wildman–Crippen MR) is 143 cm³/mol. The maximum absolute atomic E-state index is 13.8. The monoisotopic (exact) mass is 528 g/mol.